The number of benzene rings is 1. The average Bonchev–Trinajstić information content (AvgIpc) is 2.50. The van der Waals surface area contributed by atoms with Crippen LogP contribution in [0.25, 0.3) is 0 Å². The summed E-state index contributed by atoms with van der Waals surface area (Å²) in [5.74, 6) is -0.372. The van der Waals surface area contributed by atoms with Crippen LogP contribution in [0.1, 0.15) is 37.8 Å². The normalized spacial score (nSPS) is 18.9. The van der Waals surface area contributed by atoms with Crippen LogP contribution in [0.3, 0.4) is 0 Å². The average molecular weight is 316 g/mol. The third kappa shape index (κ3) is 4.65. The molecule has 1 aliphatic heterocycles. The molecule has 2 rings (SSSR count). The number of aliphatic hydroxyl groups excluding tert-OH is 1. The van der Waals surface area contributed by atoms with Crippen molar-refractivity contribution in [2.45, 2.75) is 38.3 Å². The lowest BCUT2D eigenvalue weighted by Gasteiger charge is -2.36. The Morgan fingerprint density at radius 2 is 2.14 bits per heavy atom. The van der Waals surface area contributed by atoms with Crippen LogP contribution < -0.4 is 0 Å². The first-order chi connectivity index (χ1) is 10.1. The Hall–Kier alpha value is -0.680. The van der Waals surface area contributed by atoms with Crippen molar-refractivity contribution in [2.75, 3.05) is 26.3 Å². The van der Waals surface area contributed by atoms with E-state index in [0.29, 0.717) is 13.0 Å². The van der Waals surface area contributed by atoms with Gasteiger partial charge in [-0.1, -0.05) is 17.7 Å². The number of hydrogen-bond donors (Lipinski definition) is 1. The van der Waals surface area contributed by atoms with E-state index in [1.165, 1.54) is 6.07 Å². The summed E-state index contributed by atoms with van der Waals surface area (Å²) in [5.41, 5.74) is 1.04. The molecule has 1 fully saturated rings. The molecule has 1 unspecified atom stereocenters. The molecular formula is C16H23ClFNO2. The first kappa shape index (κ1) is 16.7. The highest BCUT2D eigenvalue weighted by Gasteiger charge is 2.24. The summed E-state index contributed by atoms with van der Waals surface area (Å²) >= 11 is 5.86. The highest BCUT2D eigenvalue weighted by atomic mass is 35.5. The molecule has 21 heavy (non-hydrogen) atoms. The Morgan fingerprint density at radius 3 is 2.76 bits per heavy atom. The van der Waals surface area contributed by atoms with Crippen LogP contribution in [0.15, 0.2) is 18.2 Å². The summed E-state index contributed by atoms with van der Waals surface area (Å²) in [6, 6.07) is 5.17. The summed E-state index contributed by atoms with van der Waals surface area (Å²) in [4.78, 5) is 2.37. The van der Waals surface area contributed by atoms with Gasteiger partial charge in [-0.3, -0.25) is 4.90 Å². The summed E-state index contributed by atoms with van der Waals surface area (Å²) in [6.07, 6.45) is 2.97. The molecule has 118 valence electrons. The molecule has 1 N–H and O–H groups in total. The van der Waals surface area contributed by atoms with Crippen molar-refractivity contribution in [3.63, 3.8) is 0 Å². The molecular weight excluding hydrogens is 293 g/mol. The second-order valence-electron chi connectivity index (χ2n) is 5.53. The Morgan fingerprint density at radius 1 is 1.43 bits per heavy atom. The molecule has 0 aromatic heterocycles. The van der Waals surface area contributed by atoms with Gasteiger partial charge in [0.2, 0.25) is 0 Å². The van der Waals surface area contributed by atoms with E-state index in [2.05, 4.69) is 11.8 Å². The van der Waals surface area contributed by atoms with Crippen molar-refractivity contribution in [3.8, 4) is 0 Å². The third-order valence-electron chi connectivity index (χ3n) is 4.11. The van der Waals surface area contributed by atoms with Crippen LogP contribution in [-0.4, -0.2) is 42.4 Å². The van der Waals surface area contributed by atoms with E-state index in [9.17, 15) is 4.39 Å². The van der Waals surface area contributed by atoms with Crippen molar-refractivity contribution >= 4 is 11.6 Å². The molecule has 1 heterocycles. The summed E-state index contributed by atoms with van der Waals surface area (Å²) in [6.45, 7) is 4.85. The Balaban J connectivity index is 1.85. The first-order valence-electron chi connectivity index (χ1n) is 7.53. The molecule has 0 saturated carbocycles. The van der Waals surface area contributed by atoms with Gasteiger partial charge in [0, 0.05) is 32.3 Å². The third-order valence-corrected chi connectivity index (χ3v) is 4.40. The van der Waals surface area contributed by atoms with E-state index >= 15 is 0 Å². The number of ether oxygens (including phenoxy) is 1. The molecule has 3 nitrogen and oxygen atoms in total. The van der Waals surface area contributed by atoms with Crippen LogP contribution in [0, 0.1) is 5.82 Å². The topological polar surface area (TPSA) is 32.7 Å². The molecule has 0 amide bonds. The Kier molecular flexibility index (Phi) is 6.42. The van der Waals surface area contributed by atoms with Gasteiger partial charge in [0.05, 0.1) is 11.1 Å². The SMILES string of the molecule is CC(c1ccc(F)c(Cl)c1)N1CCC(OCCCO)CC1. The van der Waals surface area contributed by atoms with Crippen LogP contribution >= 0.6 is 11.6 Å². The molecule has 1 saturated heterocycles. The minimum atomic E-state index is -0.372. The lowest BCUT2D eigenvalue weighted by Crippen LogP contribution is -2.38. The van der Waals surface area contributed by atoms with Gasteiger partial charge in [-0.05, 0) is 43.9 Å². The van der Waals surface area contributed by atoms with Gasteiger partial charge in [-0.2, -0.15) is 0 Å². The second kappa shape index (κ2) is 8.08. The van der Waals surface area contributed by atoms with E-state index in [1.807, 2.05) is 0 Å². The number of likely N-dealkylation sites (tertiary alicyclic amines) is 1. The monoisotopic (exact) mass is 315 g/mol. The first-order valence-corrected chi connectivity index (χ1v) is 7.91. The predicted octanol–water partition coefficient (Wildman–Crippen LogP) is 3.40. The van der Waals surface area contributed by atoms with Crippen molar-refractivity contribution in [3.05, 3.63) is 34.6 Å². The molecule has 1 aromatic rings. The van der Waals surface area contributed by atoms with E-state index in [1.54, 1.807) is 12.1 Å². The zero-order chi connectivity index (χ0) is 15.2. The maximum absolute atomic E-state index is 13.2. The Labute approximate surface area is 130 Å². The molecule has 0 aliphatic carbocycles. The zero-order valence-corrected chi connectivity index (χ0v) is 13.2. The predicted molar refractivity (Wildman–Crippen MR) is 82.1 cm³/mol. The minimum Gasteiger partial charge on any atom is -0.396 e. The largest absolute Gasteiger partial charge is 0.396 e. The van der Waals surface area contributed by atoms with E-state index < -0.39 is 0 Å². The van der Waals surface area contributed by atoms with Crippen molar-refractivity contribution in [1.29, 1.82) is 0 Å². The van der Waals surface area contributed by atoms with Gasteiger partial charge < -0.3 is 9.84 Å². The number of hydrogen-bond acceptors (Lipinski definition) is 3. The van der Waals surface area contributed by atoms with Gasteiger partial charge in [0.15, 0.2) is 0 Å². The lowest BCUT2D eigenvalue weighted by molar-refractivity contribution is -0.00511. The van der Waals surface area contributed by atoms with Crippen LogP contribution in [-0.2, 0) is 4.74 Å². The second-order valence-corrected chi connectivity index (χ2v) is 5.94. The highest BCUT2D eigenvalue weighted by molar-refractivity contribution is 6.30. The summed E-state index contributed by atoms with van der Waals surface area (Å²) < 4.78 is 19.0. The van der Waals surface area contributed by atoms with Crippen molar-refractivity contribution < 1.29 is 14.2 Å². The number of nitrogens with zero attached hydrogens (tertiary/aromatic N) is 1. The molecule has 5 heteroatoms. The number of piperidine rings is 1. The van der Waals surface area contributed by atoms with Crippen LogP contribution in [0.2, 0.25) is 5.02 Å². The molecule has 0 radical (unpaired) electrons. The molecule has 1 atom stereocenters. The lowest BCUT2D eigenvalue weighted by atomic mass is 10.0. The quantitative estimate of drug-likeness (QED) is 0.817. The summed E-state index contributed by atoms with van der Waals surface area (Å²) in [5, 5.41) is 8.93. The zero-order valence-electron chi connectivity index (χ0n) is 12.4. The maximum Gasteiger partial charge on any atom is 0.141 e. The smallest absolute Gasteiger partial charge is 0.141 e. The van der Waals surface area contributed by atoms with Gasteiger partial charge in [-0.25, -0.2) is 4.39 Å². The maximum atomic E-state index is 13.2. The van der Waals surface area contributed by atoms with Crippen molar-refractivity contribution in [1.82, 2.24) is 4.90 Å². The molecule has 0 spiro atoms. The van der Waals surface area contributed by atoms with E-state index in [-0.39, 0.29) is 29.6 Å². The number of halogens is 2. The molecule has 1 aliphatic rings. The number of aliphatic hydroxyl groups is 1. The van der Waals surface area contributed by atoms with E-state index in [4.69, 9.17) is 21.4 Å². The van der Waals surface area contributed by atoms with E-state index in [0.717, 1.165) is 31.5 Å². The van der Waals surface area contributed by atoms with Crippen LogP contribution in [0.5, 0.6) is 0 Å². The van der Waals surface area contributed by atoms with Gasteiger partial charge in [-0.15, -0.1) is 0 Å². The van der Waals surface area contributed by atoms with Crippen molar-refractivity contribution in [2.24, 2.45) is 0 Å². The fourth-order valence-electron chi connectivity index (χ4n) is 2.73. The van der Waals surface area contributed by atoms with Gasteiger partial charge in [0.25, 0.3) is 0 Å². The highest BCUT2D eigenvalue weighted by Crippen LogP contribution is 2.27. The number of rotatable bonds is 6. The standard InChI is InChI=1S/C16H23ClFNO2/c1-12(13-3-4-16(18)15(17)11-13)19-7-5-14(6-8-19)21-10-2-9-20/h3-4,11-12,14,20H,2,5-10H2,1H3. The molecule has 0 bridgehead atoms. The van der Waals surface area contributed by atoms with Gasteiger partial charge >= 0.3 is 0 Å². The minimum absolute atomic E-state index is 0.182. The fourth-order valence-corrected chi connectivity index (χ4v) is 2.92. The van der Waals surface area contributed by atoms with Crippen LogP contribution in [0.4, 0.5) is 4.39 Å². The fraction of sp³-hybridized carbons (Fsp3) is 0.625. The summed E-state index contributed by atoms with van der Waals surface area (Å²) in [7, 11) is 0. The Bertz CT molecular complexity index is 450. The molecule has 1 aromatic carbocycles. The van der Waals surface area contributed by atoms with Gasteiger partial charge in [0.1, 0.15) is 5.82 Å².